The Bertz CT molecular complexity index is 282. The van der Waals surface area contributed by atoms with Gasteiger partial charge in [-0.1, -0.05) is 13.8 Å². The monoisotopic (exact) mass is 226 g/mol. The predicted octanol–water partition coefficient (Wildman–Crippen LogP) is 1.20. The van der Waals surface area contributed by atoms with E-state index in [1.807, 2.05) is 12.1 Å². The van der Waals surface area contributed by atoms with Crippen LogP contribution in [0.15, 0.2) is 16.5 Å². The first-order valence-corrected chi connectivity index (χ1v) is 5.91. The highest BCUT2D eigenvalue weighted by Gasteiger charge is 2.05. The van der Waals surface area contributed by atoms with Gasteiger partial charge in [0.15, 0.2) is 0 Å². The van der Waals surface area contributed by atoms with Crippen LogP contribution in [0, 0.1) is 0 Å². The normalized spacial score (nSPS) is 11.2. The molecule has 1 rings (SSSR count). The van der Waals surface area contributed by atoms with Crippen LogP contribution in [-0.2, 0) is 13.1 Å². The summed E-state index contributed by atoms with van der Waals surface area (Å²) in [5, 5.41) is 11.7. The van der Waals surface area contributed by atoms with E-state index in [0.29, 0.717) is 13.1 Å². The number of furan rings is 1. The average Bonchev–Trinajstić information content (AvgIpc) is 2.74. The minimum atomic E-state index is 0.160. The molecule has 1 aromatic heterocycles. The second kappa shape index (κ2) is 7.44. The van der Waals surface area contributed by atoms with Crippen molar-refractivity contribution in [3.63, 3.8) is 0 Å². The van der Waals surface area contributed by atoms with Crippen LogP contribution in [-0.4, -0.2) is 36.2 Å². The van der Waals surface area contributed by atoms with E-state index in [4.69, 9.17) is 9.52 Å². The standard InChI is InChI=1S/C12H22N2O2/c1-3-14(4-2)10-12-6-5-11(16-12)9-13-7-8-15/h5-6,13,15H,3-4,7-10H2,1-2H3. The number of hydrogen-bond donors (Lipinski definition) is 2. The molecule has 0 aliphatic carbocycles. The summed E-state index contributed by atoms with van der Waals surface area (Å²) in [6, 6.07) is 4.01. The minimum absolute atomic E-state index is 0.160. The van der Waals surface area contributed by atoms with Gasteiger partial charge < -0.3 is 14.8 Å². The summed E-state index contributed by atoms with van der Waals surface area (Å²) in [5.41, 5.74) is 0. The molecular weight excluding hydrogens is 204 g/mol. The van der Waals surface area contributed by atoms with Gasteiger partial charge in [-0.25, -0.2) is 0 Å². The van der Waals surface area contributed by atoms with Gasteiger partial charge in [0.1, 0.15) is 11.5 Å². The van der Waals surface area contributed by atoms with Crippen LogP contribution >= 0.6 is 0 Å². The summed E-state index contributed by atoms with van der Waals surface area (Å²) in [6.45, 7) is 8.68. The van der Waals surface area contributed by atoms with Crippen molar-refractivity contribution in [3.8, 4) is 0 Å². The van der Waals surface area contributed by atoms with E-state index in [1.54, 1.807) is 0 Å². The van der Waals surface area contributed by atoms with Crippen LogP contribution < -0.4 is 5.32 Å². The Kier molecular flexibility index (Phi) is 6.15. The van der Waals surface area contributed by atoms with Gasteiger partial charge in [0.25, 0.3) is 0 Å². The molecule has 16 heavy (non-hydrogen) atoms. The highest BCUT2D eigenvalue weighted by molar-refractivity contribution is 5.07. The molecular formula is C12H22N2O2. The van der Waals surface area contributed by atoms with E-state index >= 15 is 0 Å². The molecule has 4 heteroatoms. The van der Waals surface area contributed by atoms with E-state index in [-0.39, 0.29) is 6.61 Å². The Hall–Kier alpha value is -0.840. The van der Waals surface area contributed by atoms with Crippen LogP contribution in [0.4, 0.5) is 0 Å². The fourth-order valence-electron chi connectivity index (χ4n) is 1.56. The topological polar surface area (TPSA) is 48.6 Å². The second-order valence-electron chi connectivity index (χ2n) is 3.73. The van der Waals surface area contributed by atoms with Crippen molar-refractivity contribution < 1.29 is 9.52 Å². The Morgan fingerprint density at radius 1 is 1.25 bits per heavy atom. The van der Waals surface area contributed by atoms with Crippen molar-refractivity contribution in [1.29, 1.82) is 0 Å². The maximum atomic E-state index is 8.63. The molecule has 4 nitrogen and oxygen atoms in total. The highest BCUT2D eigenvalue weighted by Crippen LogP contribution is 2.10. The zero-order chi connectivity index (χ0) is 11.8. The number of hydrogen-bond acceptors (Lipinski definition) is 4. The SMILES string of the molecule is CCN(CC)Cc1ccc(CNCCO)o1. The van der Waals surface area contributed by atoms with Gasteiger partial charge in [-0.3, -0.25) is 4.90 Å². The highest BCUT2D eigenvalue weighted by atomic mass is 16.3. The zero-order valence-electron chi connectivity index (χ0n) is 10.2. The molecule has 0 radical (unpaired) electrons. The number of nitrogens with zero attached hydrogens (tertiary/aromatic N) is 1. The van der Waals surface area contributed by atoms with Gasteiger partial charge >= 0.3 is 0 Å². The van der Waals surface area contributed by atoms with Crippen molar-refractivity contribution in [3.05, 3.63) is 23.7 Å². The smallest absolute Gasteiger partial charge is 0.118 e. The third-order valence-corrected chi connectivity index (χ3v) is 2.58. The Balaban J connectivity index is 2.38. The Morgan fingerprint density at radius 2 is 1.94 bits per heavy atom. The van der Waals surface area contributed by atoms with E-state index < -0.39 is 0 Å². The Morgan fingerprint density at radius 3 is 2.56 bits per heavy atom. The van der Waals surface area contributed by atoms with E-state index in [0.717, 1.165) is 31.2 Å². The Labute approximate surface area is 97.2 Å². The molecule has 0 fully saturated rings. The molecule has 0 bridgehead atoms. The number of aliphatic hydroxyl groups excluding tert-OH is 1. The van der Waals surface area contributed by atoms with Crippen LogP contribution in [0.2, 0.25) is 0 Å². The molecule has 0 aliphatic rings. The zero-order valence-corrected chi connectivity index (χ0v) is 10.2. The van der Waals surface area contributed by atoms with Gasteiger partial charge in [0.05, 0.1) is 19.7 Å². The molecule has 0 aliphatic heterocycles. The maximum Gasteiger partial charge on any atom is 0.118 e. The molecule has 0 saturated heterocycles. The van der Waals surface area contributed by atoms with Crippen LogP contribution in [0.1, 0.15) is 25.4 Å². The molecule has 0 atom stereocenters. The fourth-order valence-corrected chi connectivity index (χ4v) is 1.56. The quantitative estimate of drug-likeness (QED) is 0.654. The lowest BCUT2D eigenvalue weighted by atomic mass is 10.4. The summed E-state index contributed by atoms with van der Waals surface area (Å²) >= 11 is 0. The summed E-state index contributed by atoms with van der Waals surface area (Å²) in [7, 11) is 0. The van der Waals surface area contributed by atoms with Gasteiger partial charge in [-0.2, -0.15) is 0 Å². The maximum absolute atomic E-state index is 8.63. The molecule has 0 spiro atoms. The molecule has 2 N–H and O–H groups in total. The molecule has 1 heterocycles. The number of rotatable bonds is 8. The third-order valence-electron chi connectivity index (χ3n) is 2.58. The van der Waals surface area contributed by atoms with Crippen LogP contribution in [0.25, 0.3) is 0 Å². The molecule has 0 unspecified atom stereocenters. The second-order valence-corrected chi connectivity index (χ2v) is 3.73. The van der Waals surface area contributed by atoms with Crippen molar-refractivity contribution in [2.24, 2.45) is 0 Å². The fraction of sp³-hybridized carbons (Fsp3) is 0.667. The summed E-state index contributed by atoms with van der Waals surface area (Å²) in [5.74, 6) is 1.93. The van der Waals surface area contributed by atoms with Gasteiger partial charge in [0, 0.05) is 6.54 Å². The van der Waals surface area contributed by atoms with E-state index in [2.05, 4.69) is 24.1 Å². The largest absolute Gasteiger partial charge is 0.463 e. The third kappa shape index (κ3) is 4.35. The minimum Gasteiger partial charge on any atom is -0.463 e. The van der Waals surface area contributed by atoms with E-state index in [1.165, 1.54) is 0 Å². The van der Waals surface area contributed by atoms with Gasteiger partial charge in [-0.05, 0) is 25.2 Å². The van der Waals surface area contributed by atoms with Crippen molar-refractivity contribution in [2.45, 2.75) is 26.9 Å². The molecule has 92 valence electrons. The van der Waals surface area contributed by atoms with Crippen LogP contribution in [0.3, 0.4) is 0 Å². The van der Waals surface area contributed by atoms with Gasteiger partial charge in [-0.15, -0.1) is 0 Å². The first-order chi connectivity index (χ1) is 7.80. The lowest BCUT2D eigenvalue weighted by molar-refractivity contribution is 0.263. The predicted molar refractivity (Wildman–Crippen MR) is 64.1 cm³/mol. The lowest BCUT2D eigenvalue weighted by Crippen LogP contribution is -2.21. The molecule has 0 amide bonds. The first kappa shape index (κ1) is 13.2. The van der Waals surface area contributed by atoms with E-state index in [9.17, 15) is 0 Å². The van der Waals surface area contributed by atoms with Crippen molar-refractivity contribution in [1.82, 2.24) is 10.2 Å². The lowest BCUT2D eigenvalue weighted by Gasteiger charge is -2.15. The molecule has 1 aromatic rings. The molecule has 0 saturated carbocycles. The average molecular weight is 226 g/mol. The van der Waals surface area contributed by atoms with Crippen molar-refractivity contribution in [2.75, 3.05) is 26.2 Å². The summed E-state index contributed by atoms with van der Waals surface area (Å²) in [6.07, 6.45) is 0. The van der Waals surface area contributed by atoms with Gasteiger partial charge in [0.2, 0.25) is 0 Å². The van der Waals surface area contributed by atoms with Crippen LogP contribution in [0.5, 0.6) is 0 Å². The first-order valence-electron chi connectivity index (χ1n) is 5.91. The molecule has 0 aromatic carbocycles. The van der Waals surface area contributed by atoms with Crippen molar-refractivity contribution >= 4 is 0 Å². The summed E-state index contributed by atoms with van der Waals surface area (Å²) in [4.78, 5) is 2.31. The number of nitrogens with one attached hydrogen (secondary N) is 1. The summed E-state index contributed by atoms with van der Waals surface area (Å²) < 4.78 is 5.68. The number of aliphatic hydroxyl groups is 1.